The lowest BCUT2D eigenvalue weighted by molar-refractivity contribution is 0.159. The molecule has 0 bridgehead atoms. The second-order valence-electron chi connectivity index (χ2n) is 5.81. The quantitative estimate of drug-likeness (QED) is 0.773. The van der Waals surface area contributed by atoms with Crippen molar-refractivity contribution in [1.29, 1.82) is 0 Å². The fourth-order valence-electron chi connectivity index (χ4n) is 2.56. The maximum Gasteiger partial charge on any atom is 0.335 e. The molecule has 0 amide bonds. The van der Waals surface area contributed by atoms with Crippen LogP contribution in [-0.2, 0) is 0 Å². The minimum Gasteiger partial charge on any atom is -0.493 e. The van der Waals surface area contributed by atoms with E-state index in [0.717, 1.165) is 30.7 Å². The maximum atomic E-state index is 12.1. The maximum absolute atomic E-state index is 12.1. The Morgan fingerprint density at radius 3 is 2.64 bits per heavy atom. The molecule has 2 N–H and O–H groups in total. The highest BCUT2D eigenvalue weighted by Crippen LogP contribution is 2.18. The standard InChI is InChI=1S/C16H18ClN5O3/c1-20-5-7-21(8-6-20)18-10-13-14(23)19-16(25)22(15(13)24)12-4-2-3-11(17)9-12/h2-4,9-10,24H,5-8H2,1H3,(H,19,23,25). The number of piperazine rings is 1. The van der Waals surface area contributed by atoms with Crippen molar-refractivity contribution in [1.82, 2.24) is 19.5 Å². The molecule has 1 aliphatic heterocycles. The van der Waals surface area contributed by atoms with Crippen molar-refractivity contribution in [2.24, 2.45) is 5.10 Å². The fourth-order valence-corrected chi connectivity index (χ4v) is 2.74. The van der Waals surface area contributed by atoms with Crippen molar-refractivity contribution in [2.75, 3.05) is 33.2 Å². The Labute approximate surface area is 148 Å². The summed E-state index contributed by atoms with van der Waals surface area (Å²) in [6.45, 7) is 3.17. The molecular weight excluding hydrogens is 346 g/mol. The molecular formula is C16H18ClN5O3. The van der Waals surface area contributed by atoms with Gasteiger partial charge in [-0.05, 0) is 25.2 Å². The van der Waals surface area contributed by atoms with Crippen LogP contribution in [-0.4, -0.2) is 64.0 Å². The molecule has 0 unspecified atom stereocenters. The number of benzene rings is 1. The van der Waals surface area contributed by atoms with Crippen LogP contribution in [0, 0.1) is 0 Å². The zero-order chi connectivity index (χ0) is 18.0. The van der Waals surface area contributed by atoms with E-state index in [9.17, 15) is 14.7 Å². The van der Waals surface area contributed by atoms with Crippen LogP contribution < -0.4 is 11.2 Å². The number of H-pyrrole nitrogens is 1. The van der Waals surface area contributed by atoms with Gasteiger partial charge in [0.25, 0.3) is 5.56 Å². The Morgan fingerprint density at radius 1 is 1.24 bits per heavy atom. The molecule has 1 fully saturated rings. The zero-order valence-electron chi connectivity index (χ0n) is 13.6. The number of rotatable bonds is 3. The van der Waals surface area contributed by atoms with Gasteiger partial charge in [0.05, 0.1) is 11.9 Å². The van der Waals surface area contributed by atoms with Crippen molar-refractivity contribution in [3.63, 3.8) is 0 Å². The third-order valence-electron chi connectivity index (χ3n) is 4.02. The lowest BCUT2D eigenvalue weighted by Gasteiger charge is -2.30. The molecule has 1 aromatic carbocycles. The highest BCUT2D eigenvalue weighted by Gasteiger charge is 2.16. The minimum absolute atomic E-state index is 0.0847. The van der Waals surface area contributed by atoms with Gasteiger partial charge in [-0.3, -0.25) is 14.8 Å². The van der Waals surface area contributed by atoms with Gasteiger partial charge in [0.15, 0.2) is 0 Å². The van der Waals surface area contributed by atoms with Gasteiger partial charge in [0, 0.05) is 31.2 Å². The number of likely N-dealkylation sites (N-methyl/N-ethyl adjacent to an activating group) is 1. The molecule has 132 valence electrons. The summed E-state index contributed by atoms with van der Waals surface area (Å²) in [5.74, 6) is -0.478. The minimum atomic E-state index is -0.749. The topological polar surface area (TPSA) is 93.9 Å². The van der Waals surface area contributed by atoms with Gasteiger partial charge in [-0.15, -0.1) is 0 Å². The summed E-state index contributed by atoms with van der Waals surface area (Å²) < 4.78 is 0.985. The second-order valence-corrected chi connectivity index (χ2v) is 6.25. The number of aromatic hydroxyl groups is 1. The first-order chi connectivity index (χ1) is 12.0. The highest BCUT2D eigenvalue weighted by molar-refractivity contribution is 6.30. The number of nitrogens with one attached hydrogen (secondary N) is 1. The summed E-state index contributed by atoms with van der Waals surface area (Å²) in [7, 11) is 2.03. The van der Waals surface area contributed by atoms with E-state index in [1.807, 2.05) is 12.1 Å². The van der Waals surface area contributed by atoms with Crippen LogP contribution in [0.15, 0.2) is 39.0 Å². The normalized spacial score (nSPS) is 15.8. The lowest BCUT2D eigenvalue weighted by atomic mass is 10.3. The molecule has 1 aliphatic rings. The van der Waals surface area contributed by atoms with E-state index < -0.39 is 17.1 Å². The molecule has 9 heteroatoms. The van der Waals surface area contributed by atoms with E-state index in [4.69, 9.17) is 11.6 Å². The first-order valence-electron chi connectivity index (χ1n) is 7.77. The molecule has 2 aromatic rings. The number of hydrazone groups is 1. The number of aromatic nitrogens is 2. The van der Waals surface area contributed by atoms with Gasteiger partial charge in [0.1, 0.15) is 5.56 Å². The molecule has 1 saturated heterocycles. The van der Waals surface area contributed by atoms with Crippen molar-refractivity contribution < 1.29 is 5.11 Å². The molecule has 1 aromatic heterocycles. The van der Waals surface area contributed by atoms with Crippen LogP contribution in [0.25, 0.3) is 5.69 Å². The third-order valence-corrected chi connectivity index (χ3v) is 4.25. The largest absolute Gasteiger partial charge is 0.493 e. The SMILES string of the molecule is CN1CCN(N=Cc2c(O)n(-c3cccc(Cl)c3)c(=O)[nH]c2=O)CC1. The van der Waals surface area contributed by atoms with Crippen LogP contribution in [0.1, 0.15) is 5.56 Å². The van der Waals surface area contributed by atoms with E-state index in [2.05, 4.69) is 15.0 Å². The van der Waals surface area contributed by atoms with Crippen molar-refractivity contribution in [3.8, 4) is 11.6 Å². The Balaban J connectivity index is 1.99. The van der Waals surface area contributed by atoms with Gasteiger partial charge in [0.2, 0.25) is 5.88 Å². The zero-order valence-corrected chi connectivity index (χ0v) is 14.4. The van der Waals surface area contributed by atoms with Crippen molar-refractivity contribution in [3.05, 3.63) is 55.7 Å². The van der Waals surface area contributed by atoms with Crippen molar-refractivity contribution in [2.45, 2.75) is 0 Å². The molecule has 8 nitrogen and oxygen atoms in total. The molecule has 0 aliphatic carbocycles. The number of nitrogens with zero attached hydrogens (tertiary/aromatic N) is 4. The Kier molecular flexibility index (Phi) is 4.91. The smallest absolute Gasteiger partial charge is 0.335 e. The van der Waals surface area contributed by atoms with Gasteiger partial charge >= 0.3 is 5.69 Å². The summed E-state index contributed by atoms with van der Waals surface area (Å²) in [5, 5.41) is 16.9. The number of hydrogen-bond donors (Lipinski definition) is 2. The predicted octanol–water partition coefficient (Wildman–Crippen LogP) is 0.466. The van der Waals surface area contributed by atoms with E-state index >= 15 is 0 Å². The first-order valence-corrected chi connectivity index (χ1v) is 8.15. The molecule has 25 heavy (non-hydrogen) atoms. The average molecular weight is 364 g/mol. The van der Waals surface area contributed by atoms with Crippen LogP contribution >= 0.6 is 11.6 Å². The monoisotopic (exact) mass is 363 g/mol. The lowest BCUT2D eigenvalue weighted by Crippen LogP contribution is -2.42. The van der Waals surface area contributed by atoms with Crippen LogP contribution in [0.3, 0.4) is 0 Å². The third kappa shape index (κ3) is 3.75. The summed E-state index contributed by atoms with van der Waals surface area (Å²) in [4.78, 5) is 28.5. The van der Waals surface area contributed by atoms with Crippen LogP contribution in [0.5, 0.6) is 5.88 Å². The summed E-state index contributed by atoms with van der Waals surface area (Å²) in [6.07, 6.45) is 1.28. The fraction of sp³-hybridized carbons (Fsp3) is 0.312. The van der Waals surface area contributed by atoms with Gasteiger partial charge in [-0.2, -0.15) is 5.10 Å². The number of aromatic amines is 1. The molecule has 0 saturated carbocycles. The summed E-state index contributed by atoms with van der Waals surface area (Å²) in [6, 6.07) is 6.41. The Morgan fingerprint density at radius 2 is 1.96 bits per heavy atom. The van der Waals surface area contributed by atoms with Crippen LogP contribution in [0.4, 0.5) is 0 Å². The Bertz CT molecular complexity index is 913. The predicted molar refractivity (Wildman–Crippen MR) is 96.0 cm³/mol. The van der Waals surface area contributed by atoms with E-state index in [1.165, 1.54) is 12.3 Å². The summed E-state index contributed by atoms with van der Waals surface area (Å²) in [5.41, 5.74) is -1.18. The van der Waals surface area contributed by atoms with Crippen LogP contribution in [0.2, 0.25) is 5.02 Å². The molecule has 3 rings (SSSR count). The van der Waals surface area contributed by atoms with Gasteiger partial charge in [-0.1, -0.05) is 17.7 Å². The van der Waals surface area contributed by atoms with Crippen molar-refractivity contribution >= 4 is 17.8 Å². The number of hydrogen-bond acceptors (Lipinski definition) is 6. The molecule has 0 atom stereocenters. The molecule has 0 spiro atoms. The second kappa shape index (κ2) is 7.12. The average Bonchev–Trinajstić information content (AvgIpc) is 2.56. The van der Waals surface area contributed by atoms with Gasteiger partial charge in [-0.25, -0.2) is 9.36 Å². The van der Waals surface area contributed by atoms with E-state index in [-0.39, 0.29) is 5.56 Å². The van der Waals surface area contributed by atoms with Gasteiger partial charge < -0.3 is 10.0 Å². The van der Waals surface area contributed by atoms with E-state index in [1.54, 1.807) is 18.2 Å². The summed E-state index contributed by atoms with van der Waals surface area (Å²) >= 11 is 5.94. The molecule has 0 radical (unpaired) electrons. The number of halogens is 1. The molecule has 2 heterocycles. The van der Waals surface area contributed by atoms with E-state index in [0.29, 0.717) is 10.7 Å². The highest BCUT2D eigenvalue weighted by atomic mass is 35.5. The first kappa shape index (κ1) is 17.2. The Hall–Kier alpha value is -2.58.